The van der Waals surface area contributed by atoms with Crippen LogP contribution in [0.5, 0.6) is 0 Å². The van der Waals surface area contributed by atoms with E-state index in [4.69, 9.17) is 5.73 Å². The number of rotatable bonds is 3. The molecule has 98 valence electrons. The van der Waals surface area contributed by atoms with Crippen molar-refractivity contribution in [1.29, 1.82) is 0 Å². The van der Waals surface area contributed by atoms with Gasteiger partial charge in [-0.25, -0.2) is 4.79 Å². The number of anilines is 2. The van der Waals surface area contributed by atoms with Gasteiger partial charge in [-0.15, -0.1) is 10.2 Å². The lowest BCUT2D eigenvalue weighted by Gasteiger charge is -2.08. The number of carbonyl (C=O) groups excluding carboxylic acids is 2. The Bertz CT molecular complexity index is 622. The van der Waals surface area contributed by atoms with E-state index in [1.165, 1.54) is 13.2 Å². The second-order valence-corrected chi connectivity index (χ2v) is 3.55. The van der Waals surface area contributed by atoms with Crippen LogP contribution in [-0.2, 0) is 4.74 Å². The molecule has 4 N–H and O–H groups in total. The van der Waals surface area contributed by atoms with E-state index in [0.717, 1.165) is 0 Å². The van der Waals surface area contributed by atoms with E-state index >= 15 is 0 Å². The number of nitrogens with zero attached hydrogens (tertiary/aromatic N) is 2. The molecule has 19 heavy (non-hydrogen) atoms. The summed E-state index contributed by atoms with van der Waals surface area (Å²) in [6.07, 6.45) is 0. The number of benzene rings is 1. The summed E-state index contributed by atoms with van der Waals surface area (Å²) >= 11 is 0. The molecule has 0 aliphatic carbocycles. The molecule has 0 unspecified atom stereocenters. The number of para-hydroxylation sites is 1. The average Bonchev–Trinajstić information content (AvgIpc) is 2.85. The Morgan fingerprint density at radius 1 is 1.32 bits per heavy atom. The third-order valence-electron chi connectivity index (χ3n) is 2.37. The monoisotopic (exact) mass is 261 g/mol. The van der Waals surface area contributed by atoms with Gasteiger partial charge in [-0.05, 0) is 12.1 Å². The van der Waals surface area contributed by atoms with Crippen LogP contribution in [0.1, 0.15) is 20.8 Å². The summed E-state index contributed by atoms with van der Waals surface area (Å²) in [5.41, 5.74) is 5.96. The van der Waals surface area contributed by atoms with Crippen LogP contribution in [0.15, 0.2) is 24.3 Å². The van der Waals surface area contributed by atoms with Crippen molar-refractivity contribution in [2.24, 2.45) is 0 Å². The minimum Gasteiger partial charge on any atom is -0.465 e. The van der Waals surface area contributed by atoms with E-state index in [9.17, 15) is 9.59 Å². The summed E-state index contributed by atoms with van der Waals surface area (Å²) < 4.78 is 4.62. The van der Waals surface area contributed by atoms with Crippen LogP contribution in [-0.4, -0.2) is 34.4 Å². The molecule has 1 heterocycles. The van der Waals surface area contributed by atoms with Crippen LogP contribution in [0.25, 0.3) is 0 Å². The van der Waals surface area contributed by atoms with Crippen LogP contribution >= 0.6 is 0 Å². The molecule has 0 saturated heterocycles. The number of nitrogens with one attached hydrogen (secondary N) is 2. The van der Waals surface area contributed by atoms with Gasteiger partial charge in [0.2, 0.25) is 0 Å². The molecule has 0 radical (unpaired) electrons. The molecule has 1 amide bonds. The molecular formula is C11H11N5O3. The van der Waals surface area contributed by atoms with Gasteiger partial charge in [0.1, 0.15) is 0 Å². The highest BCUT2D eigenvalue weighted by atomic mass is 16.5. The number of nitrogen functional groups attached to an aromatic ring is 1. The molecular weight excluding hydrogens is 250 g/mol. The Hall–Kier alpha value is -2.90. The van der Waals surface area contributed by atoms with Crippen LogP contribution in [0.2, 0.25) is 0 Å². The first-order valence-electron chi connectivity index (χ1n) is 5.28. The Labute approximate surface area is 107 Å². The molecule has 0 atom stereocenters. The summed E-state index contributed by atoms with van der Waals surface area (Å²) in [6.45, 7) is 0. The third kappa shape index (κ3) is 2.51. The number of ether oxygens (including phenoxy) is 1. The van der Waals surface area contributed by atoms with Gasteiger partial charge in [-0.1, -0.05) is 12.1 Å². The first-order valence-corrected chi connectivity index (χ1v) is 5.28. The maximum Gasteiger partial charge on any atom is 0.339 e. The van der Waals surface area contributed by atoms with Crippen molar-refractivity contribution in [2.75, 3.05) is 18.2 Å². The van der Waals surface area contributed by atoms with Gasteiger partial charge in [0.05, 0.1) is 18.4 Å². The number of methoxy groups -OCH3 is 1. The van der Waals surface area contributed by atoms with Crippen LogP contribution < -0.4 is 11.1 Å². The summed E-state index contributed by atoms with van der Waals surface area (Å²) in [6, 6.07) is 6.44. The number of nitrogens with two attached hydrogens (primary N) is 1. The minimum absolute atomic E-state index is 0.0203. The standard InChI is InChI=1S/C11H11N5O3/c1-19-11(18)6-4-2-3-5-7(6)13-10(17)8-9(12)15-16-14-8/h2-5H,1H3,(H,13,17)(H3,12,14,15,16). The Balaban J connectivity index is 2.27. The van der Waals surface area contributed by atoms with Crippen LogP contribution in [0, 0.1) is 0 Å². The van der Waals surface area contributed by atoms with Crippen molar-refractivity contribution in [3.63, 3.8) is 0 Å². The Morgan fingerprint density at radius 3 is 2.68 bits per heavy atom. The molecule has 2 aromatic rings. The largest absolute Gasteiger partial charge is 0.465 e. The van der Waals surface area contributed by atoms with Crippen molar-refractivity contribution < 1.29 is 14.3 Å². The van der Waals surface area contributed by atoms with E-state index in [1.54, 1.807) is 18.2 Å². The van der Waals surface area contributed by atoms with Crippen molar-refractivity contribution in [1.82, 2.24) is 15.4 Å². The maximum absolute atomic E-state index is 11.9. The number of H-pyrrole nitrogens is 1. The second-order valence-electron chi connectivity index (χ2n) is 3.55. The average molecular weight is 261 g/mol. The fourth-order valence-corrected chi connectivity index (χ4v) is 1.47. The molecule has 0 aliphatic rings. The molecule has 1 aromatic carbocycles. The lowest BCUT2D eigenvalue weighted by Crippen LogP contribution is -2.17. The zero-order valence-electron chi connectivity index (χ0n) is 10.0. The van der Waals surface area contributed by atoms with E-state index < -0.39 is 11.9 Å². The van der Waals surface area contributed by atoms with Crippen LogP contribution in [0.3, 0.4) is 0 Å². The van der Waals surface area contributed by atoms with E-state index in [-0.39, 0.29) is 17.1 Å². The molecule has 8 nitrogen and oxygen atoms in total. The van der Waals surface area contributed by atoms with Gasteiger partial charge < -0.3 is 15.8 Å². The van der Waals surface area contributed by atoms with Gasteiger partial charge >= 0.3 is 5.97 Å². The smallest absolute Gasteiger partial charge is 0.339 e. The molecule has 2 rings (SSSR count). The summed E-state index contributed by atoms with van der Waals surface area (Å²) in [5.74, 6) is -1.14. The summed E-state index contributed by atoms with van der Waals surface area (Å²) in [7, 11) is 1.26. The Kier molecular flexibility index (Phi) is 3.42. The first-order chi connectivity index (χ1) is 9.13. The number of esters is 1. The summed E-state index contributed by atoms with van der Waals surface area (Å²) in [4.78, 5) is 23.4. The third-order valence-corrected chi connectivity index (χ3v) is 2.37. The lowest BCUT2D eigenvalue weighted by molar-refractivity contribution is 0.0602. The molecule has 0 aliphatic heterocycles. The van der Waals surface area contributed by atoms with Gasteiger partial charge in [0.25, 0.3) is 5.91 Å². The van der Waals surface area contributed by atoms with E-state index in [2.05, 4.69) is 25.5 Å². The molecule has 0 bridgehead atoms. The highest BCUT2D eigenvalue weighted by molar-refractivity contribution is 6.08. The van der Waals surface area contributed by atoms with Gasteiger partial charge in [-0.2, -0.15) is 5.21 Å². The fourth-order valence-electron chi connectivity index (χ4n) is 1.47. The highest BCUT2D eigenvalue weighted by Crippen LogP contribution is 2.17. The molecule has 0 spiro atoms. The van der Waals surface area contributed by atoms with Crippen LogP contribution in [0.4, 0.5) is 11.5 Å². The van der Waals surface area contributed by atoms with Gasteiger partial charge in [-0.3, -0.25) is 4.79 Å². The molecule has 0 saturated carbocycles. The number of amides is 1. The predicted octanol–water partition coefficient (Wildman–Crippen LogP) is 0.426. The zero-order valence-corrected chi connectivity index (χ0v) is 10.0. The zero-order chi connectivity index (χ0) is 13.8. The normalized spacial score (nSPS) is 9.95. The van der Waals surface area contributed by atoms with Crippen molar-refractivity contribution >= 4 is 23.4 Å². The highest BCUT2D eigenvalue weighted by Gasteiger charge is 2.17. The molecule has 1 aromatic heterocycles. The first kappa shape index (κ1) is 12.6. The van der Waals surface area contributed by atoms with E-state index in [1.807, 2.05) is 0 Å². The predicted molar refractivity (Wildman–Crippen MR) is 66.5 cm³/mol. The number of hydrogen-bond donors (Lipinski definition) is 3. The van der Waals surface area contributed by atoms with Crippen molar-refractivity contribution in [2.45, 2.75) is 0 Å². The molecule has 0 fully saturated rings. The van der Waals surface area contributed by atoms with Crippen molar-refractivity contribution in [3.8, 4) is 0 Å². The number of carbonyl (C=O) groups is 2. The SMILES string of the molecule is COC(=O)c1ccccc1NC(=O)c1n[nH]nc1N. The second kappa shape index (κ2) is 5.17. The minimum atomic E-state index is -0.567. The quantitative estimate of drug-likeness (QED) is 0.688. The number of aromatic nitrogens is 3. The number of aromatic amines is 1. The number of hydrogen-bond acceptors (Lipinski definition) is 6. The fraction of sp³-hybridized carbons (Fsp3) is 0.0909. The summed E-state index contributed by atoms with van der Waals surface area (Å²) in [5, 5.41) is 11.9. The molecule has 8 heteroatoms. The Morgan fingerprint density at radius 2 is 2.05 bits per heavy atom. The lowest BCUT2D eigenvalue weighted by atomic mass is 10.1. The van der Waals surface area contributed by atoms with E-state index in [0.29, 0.717) is 5.69 Å². The van der Waals surface area contributed by atoms with Crippen molar-refractivity contribution in [3.05, 3.63) is 35.5 Å². The maximum atomic E-state index is 11.9. The topological polar surface area (TPSA) is 123 Å². The van der Waals surface area contributed by atoms with Gasteiger partial charge in [0.15, 0.2) is 11.5 Å². The van der Waals surface area contributed by atoms with Gasteiger partial charge in [0, 0.05) is 0 Å².